The molecule has 0 radical (unpaired) electrons. The van der Waals surface area contributed by atoms with E-state index in [1.54, 1.807) is 0 Å². The van der Waals surface area contributed by atoms with Crippen LogP contribution in [0.25, 0.3) is 22.4 Å². The molecule has 2 heterocycles. The predicted octanol–water partition coefficient (Wildman–Crippen LogP) is 5.51. The van der Waals surface area contributed by atoms with Crippen LogP contribution in [0, 0.1) is 6.92 Å². The van der Waals surface area contributed by atoms with Crippen LogP contribution in [0.2, 0.25) is 5.02 Å². The van der Waals surface area contributed by atoms with E-state index in [0.29, 0.717) is 11.4 Å². The smallest absolute Gasteiger partial charge is 0.399 e. The summed E-state index contributed by atoms with van der Waals surface area (Å²) in [7, 11) is -0.556. The maximum absolute atomic E-state index is 13.1. The zero-order valence-electron chi connectivity index (χ0n) is 17.2. The standard InChI is InChI=1S/C21H21BClF3N2O2/c1-11-6-7-12(8-14(11)22-29-19(2,3)20(4,5)30-22)18-27-16-10-13(21(24,25)26)9-15(23)17(16)28-18/h6-10H,1-5H3,(H,27,28). The molecule has 1 saturated heterocycles. The molecule has 4 rings (SSSR count). The third kappa shape index (κ3) is 3.51. The molecule has 0 amide bonds. The molecule has 0 unspecified atom stereocenters. The molecular weight excluding hydrogens is 416 g/mol. The normalized spacial score (nSPS) is 18.4. The Morgan fingerprint density at radius 3 is 2.27 bits per heavy atom. The number of rotatable bonds is 2. The van der Waals surface area contributed by atoms with Gasteiger partial charge in [-0.2, -0.15) is 13.2 Å². The summed E-state index contributed by atoms with van der Waals surface area (Å²) in [5.74, 6) is 0.420. The van der Waals surface area contributed by atoms with Gasteiger partial charge in [0.25, 0.3) is 0 Å². The van der Waals surface area contributed by atoms with E-state index in [2.05, 4.69) is 9.97 Å². The van der Waals surface area contributed by atoms with Crippen LogP contribution in [0.4, 0.5) is 13.2 Å². The molecule has 158 valence electrons. The van der Waals surface area contributed by atoms with Crippen molar-refractivity contribution < 1.29 is 22.5 Å². The number of fused-ring (bicyclic) bond motifs is 1. The van der Waals surface area contributed by atoms with Gasteiger partial charge in [0.05, 0.1) is 27.3 Å². The lowest BCUT2D eigenvalue weighted by atomic mass is 9.75. The summed E-state index contributed by atoms with van der Waals surface area (Å²) in [6.07, 6.45) is -4.49. The van der Waals surface area contributed by atoms with Gasteiger partial charge < -0.3 is 14.3 Å². The minimum Gasteiger partial charge on any atom is -0.399 e. The molecule has 1 N–H and O–H groups in total. The van der Waals surface area contributed by atoms with E-state index in [9.17, 15) is 13.2 Å². The maximum atomic E-state index is 13.1. The second-order valence-corrected chi connectivity index (χ2v) is 9.00. The fourth-order valence-electron chi connectivity index (χ4n) is 3.39. The second kappa shape index (κ2) is 6.74. The highest BCUT2D eigenvalue weighted by molar-refractivity contribution is 6.62. The van der Waals surface area contributed by atoms with Gasteiger partial charge >= 0.3 is 13.3 Å². The van der Waals surface area contributed by atoms with Crippen molar-refractivity contribution in [2.75, 3.05) is 0 Å². The van der Waals surface area contributed by atoms with Crippen molar-refractivity contribution in [3.63, 3.8) is 0 Å². The fourth-order valence-corrected chi connectivity index (χ4v) is 3.65. The van der Waals surface area contributed by atoms with Crippen molar-refractivity contribution in [2.45, 2.75) is 52.0 Å². The van der Waals surface area contributed by atoms with Crippen LogP contribution >= 0.6 is 11.6 Å². The van der Waals surface area contributed by atoms with E-state index in [1.807, 2.05) is 52.8 Å². The Morgan fingerprint density at radius 2 is 1.67 bits per heavy atom. The van der Waals surface area contributed by atoms with Gasteiger partial charge in [0.15, 0.2) is 0 Å². The van der Waals surface area contributed by atoms with Gasteiger partial charge in [-0.05, 0) is 52.2 Å². The Balaban J connectivity index is 1.76. The molecule has 1 aliphatic heterocycles. The number of hydrogen-bond acceptors (Lipinski definition) is 3. The molecule has 0 aliphatic carbocycles. The van der Waals surface area contributed by atoms with Gasteiger partial charge in [0.2, 0.25) is 0 Å². The third-order valence-corrected chi connectivity index (χ3v) is 6.22. The SMILES string of the molecule is Cc1ccc(-c2nc3c(Cl)cc(C(F)(F)F)cc3[nH]2)cc1B1OC(C)(C)C(C)(C)O1. The van der Waals surface area contributed by atoms with Gasteiger partial charge in [-0.15, -0.1) is 0 Å². The Labute approximate surface area is 177 Å². The number of benzene rings is 2. The zero-order chi connectivity index (χ0) is 22.1. The summed E-state index contributed by atoms with van der Waals surface area (Å²) in [4.78, 5) is 7.38. The molecule has 9 heteroatoms. The number of H-pyrrole nitrogens is 1. The molecular formula is C21H21BClF3N2O2. The molecule has 1 fully saturated rings. The molecule has 0 saturated carbocycles. The van der Waals surface area contributed by atoms with Crippen molar-refractivity contribution in [3.8, 4) is 11.4 Å². The lowest BCUT2D eigenvalue weighted by Gasteiger charge is -2.32. The van der Waals surface area contributed by atoms with Gasteiger partial charge in [0, 0.05) is 5.56 Å². The van der Waals surface area contributed by atoms with Crippen molar-refractivity contribution in [1.29, 1.82) is 0 Å². The summed E-state index contributed by atoms with van der Waals surface area (Å²) in [6, 6.07) is 7.54. The molecule has 4 nitrogen and oxygen atoms in total. The molecule has 3 aromatic rings. The largest absolute Gasteiger partial charge is 0.495 e. The summed E-state index contributed by atoms with van der Waals surface area (Å²) in [6.45, 7) is 9.87. The number of nitrogens with zero attached hydrogens (tertiary/aromatic N) is 1. The number of aryl methyl sites for hydroxylation is 1. The van der Waals surface area contributed by atoms with Crippen molar-refractivity contribution >= 4 is 35.2 Å². The average Bonchev–Trinajstić information content (AvgIpc) is 3.13. The van der Waals surface area contributed by atoms with Gasteiger partial charge in [-0.1, -0.05) is 35.4 Å². The fraction of sp³-hybridized carbons (Fsp3) is 0.381. The summed E-state index contributed by atoms with van der Waals surface area (Å²) < 4.78 is 51.6. The first-order valence-electron chi connectivity index (χ1n) is 9.51. The average molecular weight is 437 g/mol. The maximum Gasteiger partial charge on any atom is 0.495 e. The Kier molecular flexibility index (Phi) is 4.76. The van der Waals surface area contributed by atoms with E-state index in [-0.39, 0.29) is 16.1 Å². The summed E-state index contributed by atoms with van der Waals surface area (Å²) in [5, 5.41) is -0.0550. The highest BCUT2D eigenvalue weighted by Crippen LogP contribution is 2.38. The highest BCUT2D eigenvalue weighted by Gasteiger charge is 2.52. The van der Waals surface area contributed by atoms with E-state index < -0.39 is 30.1 Å². The molecule has 2 aromatic carbocycles. The van der Waals surface area contributed by atoms with Gasteiger partial charge in [-0.25, -0.2) is 4.98 Å². The number of nitrogens with one attached hydrogen (secondary N) is 1. The van der Waals surface area contributed by atoms with Crippen LogP contribution in [-0.2, 0) is 15.5 Å². The van der Waals surface area contributed by atoms with Crippen LogP contribution < -0.4 is 5.46 Å². The number of aromatic amines is 1. The van der Waals surface area contributed by atoms with Crippen LogP contribution in [-0.4, -0.2) is 28.3 Å². The highest BCUT2D eigenvalue weighted by atomic mass is 35.5. The minimum absolute atomic E-state index is 0.0550. The topological polar surface area (TPSA) is 47.1 Å². The van der Waals surface area contributed by atoms with Crippen LogP contribution in [0.5, 0.6) is 0 Å². The van der Waals surface area contributed by atoms with E-state index in [4.69, 9.17) is 20.9 Å². The lowest BCUT2D eigenvalue weighted by molar-refractivity contribution is -0.137. The molecule has 1 aliphatic rings. The Bertz CT molecular complexity index is 1130. The number of imidazole rings is 1. The zero-order valence-corrected chi connectivity index (χ0v) is 18.0. The van der Waals surface area contributed by atoms with Crippen molar-refractivity contribution in [3.05, 3.63) is 46.5 Å². The number of aromatic nitrogens is 2. The molecule has 0 bridgehead atoms. The van der Waals surface area contributed by atoms with E-state index >= 15 is 0 Å². The van der Waals surface area contributed by atoms with Crippen molar-refractivity contribution in [2.24, 2.45) is 0 Å². The number of hydrogen-bond donors (Lipinski definition) is 1. The molecule has 0 spiro atoms. The van der Waals surface area contributed by atoms with Crippen LogP contribution in [0.1, 0.15) is 38.8 Å². The van der Waals surface area contributed by atoms with E-state index in [0.717, 1.165) is 23.2 Å². The Hall–Kier alpha value is -2.03. The quantitative estimate of drug-likeness (QED) is 0.539. The Morgan fingerprint density at radius 1 is 1.03 bits per heavy atom. The summed E-state index contributed by atoms with van der Waals surface area (Å²) in [5.41, 5.74) is 1.24. The molecule has 1 aromatic heterocycles. The monoisotopic (exact) mass is 436 g/mol. The lowest BCUT2D eigenvalue weighted by Crippen LogP contribution is -2.41. The summed E-state index contributed by atoms with van der Waals surface area (Å²) >= 11 is 6.07. The van der Waals surface area contributed by atoms with Crippen LogP contribution in [0.15, 0.2) is 30.3 Å². The minimum atomic E-state index is -4.49. The first kappa shape index (κ1) is 21.2. The number of alkyl halides is 3. The third-order valence-electron chi connectivity index (χ3n) is 5.93. The van der Waals surface area contributed by atoms with Gasteiger partial charge in [-0.3, -0.25) is 0 Å². The predicted molar refractivity (Wildman–Crippen MR) is 112 cm³/mol. The molecule has 30 heavy (non-hydrogen) atoms. The second-order valence-electron chi connectivity index (χ2n) is 8.60. The number of halogens is 4. The molecule has 0 atom stereocenters. The first-order valence-corrected chi connectivity index (χ1v) is 9.89. The van der Waals surface area contributed by atoms with Crippen LogP contribution in [0.3, 0.4) is 0 Å². The van der Waals surface area contributed by atoms with Crippen molar-refractivity contribution in [1.82, 2.24) is 9.97 Å². The first-order chi connectivity index (χ1) is 13.8. The van der Waals surface area contributed by atoms with Gasteiger partial charge in [0.1, 0.15) is 11.3 Å². The van der Waals surface area contributed by atoms with E-state index in [1.165, 1.54) is 0 Å².